The summed E-state index contributed by atoms with van der Waals surface area (Å²) in [7, 11) is -3.95. The molecule has 1 heterocycles. The number of carbonyl (C=O) groups is 1. The molecule has 1 saturated heterocycles. The Kier molecular flexibility index (Phi) is 8.67. The number of hydrogen-bond acceptors (Lipinski definition) is 5. The first kappa shape index (κ1) is 28.4. The highest BCUT2D eigenvalue weighted by Crippen LogP contribution is 2.38. The lowest BCUT2D eigenvalue weighted by Gasteiger charge is -2.42. The molecule has 1 N–H and O–H groups in total. The number of carboxylic acids is 1. The Labute approximate surface area is 230 Å². The van der Waals surface area contributed by atoms with Crippen molar-refractivity contribution in [1.82, 2.24) is 9.21 Å². The van der Waals surface area contributed by atoms with Crippen molar-refractivity contribution >= 4 is 27.8 Å². The molecule has 3 aromatic carbocycles. The molecule has 0 bridgehead atoms. The molecule has 0 unspecified atom stereocenters. The Morgan fingerprint density at radius 3 is 2.00 bits per heavy atom. The van der Waals surface area contributed by atoms with E-state index in [1.165, 1.54) is 22.9 Å². The molecule has 0 radical (unpaired) electrons. The zero-order chi connectivity index (χ0) is 27.5. The van der Waals surface area contributed by atoms with Gasteiger partial charge in [-0.25, -0.2) is 8.42 Å². The minimum absolute atomic E-state index is 0.111. The number of rotatable bonds is 9. The largest absolute Gasteiger partial charge is 0.480 e. The van der Waals surface area contributed by atoms with Gasteiger partial charge in [0.2, 0.25) is 10.0 Å². The highest BCUT2D eigenvalue weighted by Gasteiger charge is 2.48. The lowest BCUT2D eigenvalue weighted by molar-refractivity contribution is -0.142. The Morgan fingerprint density at radius 1 is 0.947 bits per heavy atom. The summed E-state index contributed by atoms with van der Waals surface area (Å²) in [4.78, 5) is 14.5. The maximum absolute atomic E-state index is 13.4. The predicted molar refractivity (Wildman–Crippen MR) is 155 cm³/mol. The van der Waals surface area contributed by atoms with Crippen LogP contribution in [0.4, 0.5) is 0 Å². The van der Waals surface area contributed by atoms with E-state index in [2.05, 4.69) is 67.3 Å². The molecule has 1 atom stereocenters. The third-order valence-corrected chi connectivity index (χ3v) is 10.3. The van der Waals surface area contributed by atoms with Gasteiger partial charge in [-0.3, -0.25) is 9.69 Å². The summed E-state index contributed by atoms with van der Waals surface area (Å²) in [6.45, 7) is 9.86. The molecule has 6 nitrogen and oxygen atoms in total. The van der Waals surface area contributed by atoms with E-state index in [-0.39, 0.29) is 11.4 Å². The van der Waals surface area contributed by atoms with Gasteiger partial charge in [0, 0.05) is 36.2 Å². The van der Waals surface area contributed by atoms with Crippen molar-refractivity contribution in [2.45, 2.75) is 62.5 Å². The molecule has 0 spiro atoms. The Balaban J connectivity index is 1.49. The third-order valence-electron chi connectivity index (χ3n) is 7.06. The average molecular weight is 553 g/mol. The minimum atomic E-state index is -3.95. The normalized spacial score (nSPS) is 18.1. The first-order valence-corrected chi connectivity index (χ1v) is 15.3. The van der Waals surface area contributed by atoms with E-state index in [1.807, 2.05) is 6.07 Å². The SMILES string of the molecule is CC(C)N(Cc1ccccc1)Cc1ccc(-c2ccc(S(=O)(=O)N3CCSC(C)(C)[C@@H]3C(=O)O)cc2)cc1. The number of nitrogens with zero attached hydrogens (tertiary/aromatic N) is 2. The van der Waals surface area contributed by atoms with Crippen LogP contribution in [0.5, 0.6) is 0 Å². The molecule has 0 amide bonds. The minimum Gasteiger partial charge on any atom is -0.480 e. The van der Waals surface area contributed by atoms with Crippen molar-refractivity contribution < 1.29 is 18.3 Å². The summed E-state index contributed by atoms with van der Waals surface area (Å²) in [6, 6.07) is 24.8. The zero-order valence-electron chi connectivity index (χ0n) is 22.4. The van der Waals surface area contributed by atoms with E-state index in [4.69, 9.17) is 0 Å². The van der Waals surface area contributed by atoms with Crippen LogP contribution in [0.2, 0.25) is 0 Å². The van der Waals surface area contributed by atoms with Crippen molar-refractivity contribution in [2.75, 3.05) is 12.3 Å². The van der Waals surface area contributed by atoms with Crippen LogP contribution in [0.15, 0.2) is 83.8 Å². The maximum Gasteiger partial charge on any atom is 0.323 e. The maximum atomic E-state index is 13.4. The topological polar surface area (TPSA) is 77.9 Å². The van der Waals surface area contributed by atoms with Gasteiger partial charge in [-0.05, 0) is 62.1 Å². The van der Waals surface area contributed by atoms with Crippen molar-refractivity contribution in [3.05, 3.63) is 90.0 Å². The second-order valence-corrected chi connectivity index (χ2v) is 14.2. The van der Waals surface area contributed by atoms with Crippen molar-refractivity contribution in [3.8, 4) is 11.1 Å². The van der Waals surface area contributed by atoms with Crippen LogP contribution < -0.4 is 0 Å². The lowest BCUT2D eigenvalue weighted by Crippen LogP contribution is -2.58. The van der Waals surface area contributed by atoms with Crippen molar-refractivity contribution in [3.63, 3.8) is 0 Å². The van der Waals surface area contributed by atoms with Crippen LogP contribution in [0.3, 0.4) is 0 Å². The second kappa shape index (κ2) is 11.6. The number of carboxylic acid groups (broad SMARTS) is 1. The van der Waals surface area contributed by atoms with Crippen LogP contribution in [-0.4, -0.2) is 57.8 Å². The summed E-state index contributed by atoms with van der Waals surface area (Å²) in [6.07, 6.45) is 0. The molecule has 1 fully saturated rings. The molecule has 202 valence electrons. The molecular weight excluding hydrogens is 516 g/mol. The molecule has 0 aromatic heterocycles. The lowest BCUT2D eigenvalue weighted by atomic mass is 10.0. The number of benzene rings is 3. The number of thioether (sulfide) groups is 1. The van der Waals surface area contributed by atoms with E-state index in [1.54, 1.807) is 38.1 Å². The molecular formula is C30H36N2O4S2. The predicted octanol–water partition coefficient (Wildman–Crippen LogP) is 5.73. The summed E-state index contributed by atoms with van der Waals surface area (Å²) >= 11 is 1.49. The number of aliphatic carboxylic acids is 1. The monoisotopic (exact) mass is 552 g/mol. The van der Waals surface area contributed by atoms with Gasteiger partial charge in [0.15, 0.2) is 0 Å². The quantitative estimate of drug-likeness (QED) is 0.365. The van der Waals surface area contributed by atoms with Gasteiger partial charge in [-0.15, -0.1) is 0 Å². The van der Waals surface area contributed by atoms with Gasteiger partial charge in [0.25, 0.3) is 0 Å². The standard InChI is InChI=1S/C30H36N2O4S2/c1-22(2)31(20-23-8-6-5-7-9-23)21-24-10-12-25(13-11-24)26-14-16-27(17-15-26)38(35,36)32-18-19-37-30(3,4)28(32)29(33)34/h5-17,22,28H,18-21H2,1-4H3,(H,33,34)/t28-/m0/s1. The Hall–Kier alpha value is -2.65. The van der Waals surface area contributed by atoms with Gasteiger partial charge >= 0.3 is 5.97 Å². The number of sulfonamides is 1. The molecule has 1 aliphatic heterocycles. The Morgan fingerprint density at radius 2 is 1.47 bits per heavy atom. The first-order chi connectivity index (χ1) is 18.0. The fourth-order valence-electron chi connectivity index (χ4n) is 4.86. The molecule has 38 heavy (non-hydrogen) atoms. The highest BCUT2D eigenvalue weighted by atomic mass is 32.2. The van der Waals surface area contributed by atoms with Crippen LogP contribution >= 0.6 is 11.8 Å². The summed E-state index contributed by atoms with van der Waals surface area (Å²) in [5.41, 5.74) is 4.40. The van der Waals surface area contributed by atoms with Gasteiger partial charge in [0.1, 0.15) is 6.04 Å². The molecule has 0 aliphatic carbocycles. The van der Waals surface area contributed by atoms with Gasteiger partial charge < -0.3 is 5.11 Å². The summed E-state index contributed by atoms with van der Waals surface area (Å²) in [5, 5.41) is 9.81. The van der Waals surface area contributed by atoms with Crippen molar-refractivity contribution in [2.24, 2.45) is 0 Å². The Bertz CT molecular complexity index is 1340. The highest BCUT2D eigenvalue weighted by molar-refractivity contribution is 8.00. The summed E-state index contributed by atoms with van der Waals surface area (Å²) in [5.74, 6) is -0.567. The smallest absolute Gasteiger partial charge is 0.323 e. The van der Waals surface area contributed by atoms with Crippen LogP contribution in [0.1, 0.15) is 38.8 Å². The van der Waals surface area contributed by atoms with Gasteiger partial charge in [0.05, 0.1) is 4.90 Å². The third kappa shape index (κ3) is 6.31. The van der Waals surface area contributed by atoms with E-state index >= 15 is 0 Å². The zero-order valence-corrected chi connectivity index (χ0v) is 24.0. The molecule has 0 saturated carbocycles. The summed E-state index contributed by atoms with van der Waals surface area (Å²) < 4.78 is 27.3. The number of hydrogen-bond donors (Lipinski definition) is 1. The van der Waals surface area contributed by atoms with Crippen LogP contribution in [0, 0.1) is 0 Å². The molecule has 4 rings (SSSR count). The second-order valence-electron chi connectivity index (χ2n) is 10.5. The van der Waals surface area contributed by atoms with E-state index in [0.717, 1.165) is 28.5 Å². The van der Waals surface area contributed by atoms with Gasteiger partial charge in [-0.2, -0.15) is 16.1 Å². The fraction of sp³-hybridized carbons (Fsp3) is 0.367. The molecule has 3 aromatic rings. The molecule has 1 aliphatic rings. The van der Waals surface area contributed by atoms with Crippen molar-refractivity contribution in [1.29, 1.82) is 0 Å². The fourth-order valence-corrected chi connectivity index (χ4v) is 7.96. The van der Waals surface area contributed by atoms with E-state index < -0.39 is 26.8 Å². The van der Waals surface area contributed by atoms with E-state index in [0.29, 0.717) is 11.8 Å². The van der Waals surface area contributed by atoms with Gasteiger partial charge in [-0.1, -0.05) is 66.7 Å². The van der Waals surface area contributed by atoms with Crippen LogP contribution in [-0.2, 0) is 27.9 Å². The average Bonchev–Trinajstić information content (AvgIpc) is 2.88. The van der Waals surface area contributed by atoms with Crippen LogP contribution in [0.25, 0.3) is 11.1 Å². The van der Waals surface area contributed by atoms with E-state index in [9.17, 15) is 18.3 Å². The molecule has 8 heteroatoms. The first-order valence-electron chi connectivity index (χ1n) is 12.8.